The van der Waals surface area contributed by atoms with Crippen LogP contribution < -0.4 is 21.3 Å². The van der Waals surface area contributed by atoms with Crippen molar-refractivity contribution in [3.8, 4) is 0 Å². The summed E-state index contributed by atoms with van der Waals surface area (Å²) in [5, 5.41) is 30.3. The lowest BCUT2D eigenvalue weighted by atomic mass is 10.0. The number of carboxylic acids is 2. The van der Waals surface area contributed by atoms with Crippen LogP contribution in [-0.4, -0.2) is 85.5 Å². The number of aromatic nitrogens is 3. The number of carbonyl (C=O) groups is 5. The van der Waals surface area contributed by atoms with Crippen LogP contribution in [0, 0.1) is 0 Å². The molecule has 2 aromatic heterocycles. The number of rotatable bonds is 14. The Morgan fingerprint density at radius 3 is 2.34 bits per heavy atom. The van der Waals surface area contributed by atoms with Gasteiger partial charge in [0.15, 0.2) is 0 Å². The highest BCUT2D eigenvalue weighted by Crippen LogP contribution is 2.19. The van der Waals surface area contributed by atoms with Crippen molar-refractivity contribution in [3.63, 3.8) is 0 Å². The van der Waals surface area contributed by atoms with E-state index in [4.69, 9.17) is 5.11 Å². The number of amides is 3. The summed E-state index contributed by atoms with van der Waals surface area (Å²) in [5.41, 5.74) is 2.15. The normalized spacial score (nSPS) is 16.9. The number of para-hydroxylation sites is 1. The van der Waals surface area contributed by atoms with Gasteiger partial charge >= 0.3 is 11.9 Å². The minimum absolute atomic E-state index is 0.0548. The summed E-state index contributed by atoms with van der Waals surface area (Å²) in [6, 6.07) is 3.31. The van der Waals surface area contributed by atoms with Gasteiger partial charge in [-0.15, -0.1) is 0 Å². The highest BCUT2D eigenvalue weighted by molar-refractivity contribution is 5.95. The van der Waals surface area contributed by atoms with Crippen LogP contribution in [0.15, 0.2) is 43.0 Å². The van der Waals surface area contributed by atoms with E-state index >= 15 is 0 Å². The second-order valence-electron chi connectivity index (χ2n) is 9.95. The van der Waals surface area contributed by atoms with Crippen molar-refractivity contribution in [2.45, 2.75) is 62.7 Å². The lowest BCUT2D eigenvalue weighted by Crippen LogP contribution is -2.58. The molecule has 41 heavy (non-hydrogen) atoms. The van der Waals surface area contributed by atoms with E-state index in [1.165, 1.54) is 12.5 Å². The average molecular weight is 568 g/mol. The zero-order valence-electron chi connectivity index (χ0n) is 22.2. The molecule has 0 saturated carbocycles. The summed E-state index contributed by atoms with van der Waals surface area (Å²) >= 11 is 0. The fraction of sp³-hybridized carbons (Fsp3) is 0.407. The van der Waals surface area contributed by atoms with Crippen LogP contribution >= 0.6 is 0 Å². The number of hydrogen-bond donors (Lipinski definition) is 8. The lowest BCUT2D eigenvalue weighted by molar-refractivity contribution is -0.143. The Hall–Kier alpha value is -4.72. The molecule has 1 aromatic carbocycles. The molecule has 3 heterocycles. The molecule has 3 amide bonds. The van der Waals surface area contributed by atoms with E-state index in [0.717, 1.165) is 22.9 Å². The van der Waals surface area contributed by atoms with Crippen LogP contribution in [0.3, 0.4) is 0 Å². The van der Waals surface area contributed by atoms with E-state index in [1.54, 1.807) is 6.20 Å². The van der Waals surface area contributed by atoms with E-state index in [1.807, 2.05) is 24.3 Å². The fourth-order valence-corrected chi connectivity index (χ4v) is 4.81. The third-order valence-corrected chi connectivity index (χ3v) is 6.98. The summed E-state index contributed by atoms with van der Waals surface area (Å²) in [4.78, 5) is 72.5. The van der Waals surface area contributed by atoms with Crippen LogP contribution in [-0.2, 0) is 36.8 Å². The van der Waals surface area contributed by atoms with Crippen molar-refractivity contribution in [1.29, 1.82) is 0 Å². The van der Waals surface area contributed by atoms with E-state index in [9.17, 15) is 29.1 Å². The van der Waals surface area contributed by atoms with E-state index in [-0.39, 0.29) is 25.2 Å². The van der Waals surface area contributed by atoms with Gasteiger partial charge < -0.3 is 41.4 Å². The Morgan fingerprint density at radius 1 is 0.951 bits per heavy atom. The van der Waals surface area contributed by atoms with Crippen LogP contribution in [0.1, 0.15) is 36.9 Å². The van der Waals surface area contributed by atoms with Crippen molar-refractivity contribution in [2.75, 3.05) is 6.54 Å². The zero-order chi connectivity index (χ0) is 29.4. The number of benzene rings is 1. The van der Waals surface area contributed by atoms with Gasteiger partial charge in [0.05, 0.1) is 12.4 Å². The topological polar surface area (TPSA) is 218 Å². The molecule has 0 aliphatic carbocycles. The SMILES string of the molecule is O=C(O)CCC(NC(=O)C(Cc1cnc[nH]1)NC(=O)C(Cc1c[nH]c2ccccc12)NC(=O)C1CCCN1)C(=O)O. The molecule has 14 nitrogen and oxygen atoms in total. The monoisotopic (exact) mass is 567 g/mol. The van der Waals surface area contributed by atoms with Crippen molar-refractivity contribution in [2.24, 2.45) is 0 Å². The van der Waals surface area contributed by atoms with E-state index in [0.29, 0.717) is 18.7 Å². The van der Waals surface area contributed by atoms with Crippen molar-refractivity contribution >= 4 is 40.6 Å². The molecule has 4 atom stereocenters. The molecule has 4 unspecified atom stereocenters. The van der Waals surface area contributed by atoms with Gasteiger partial charge in [0, 0.05) is 48.3 Å². The summed E-state index contributed by atoms with van der Waals surface area (Å²) < 4.78 is 0. The molecule has 8 N–H and O–H groups in total. The molecule has 1 saturated heterocycles. The number of carboxylic acid groups (broad SMARTS) is 2. The second-order valence-corrected chi connectivity index (χ2v) is 9.95. The quantitative estimate of drug-likeness (QED) is 0.129. The number of H-pyrrole nitrogens is 2. The summed E-state index contributed by atoms with van der Waals surface area (Å²) in [6.07, 6.45) is 5.35. The summed E-state index contributed by atoms with van der Waals surface area (Å²) in [6.45, 7) is 0.691. The van der Waals surface area contributed by atoms with Crippen LogP contribution in [0.25, 0.3) is 10.9 Å². The highest BCUT2D eigenvalue weighted by Gasteiger charge is 2.32. The number of hydrogen-bond acceptors (Lipinski definition) is 7. The first kappa shape index (κ1) is 29.3. The summed E-state index contributed by atoms with van der Waals surface area (Å²) in [7, 11) is 0. The number of aliphatic carboxylic acids is 2. The average Bonchev–Trinajstić information content (AvgIpc) is 3.73. The molecule has 1 aliphatic rings. The van der Waals surface area contributed by atoms with Crippen molar-refractivity contribution in [1.82, 2.24) is 36.2 Å². The Bertz CT molecular complexity index is 1380. The molecule has 0 bridgehead atoms. The second kappa shape index (κ2) is 13.6. The first-order valence-corrected chi connectivity index (χ1v) is 13.3. The zero-order valence-corrected chi connectivity index (χ0v) is 22.2. The molecule has 4 rings (SSSR count). The number of nitrogens with zero attached hydrogens (tertiary/aromatic N) is 1. The molecular formula is C27H33N7O7. The molecular weight excluding hydrogens is 534 g/mol. The number of fused-ring (bicyclic) bond motifs is 1. The maximum atomic E-state index is 13.7. The van der Waals surface area contributed by atoms with Crippen LogP contribution in [0.4, 0.5) is 0 Å². The number of imidazole rings is 1. The molecule has 3 aromatic rings. The van der Waals surface area contributed by atoms with Gasteiger partial charge in [-0.25, -0.2) is 9.78 Å². The van der Waals surface area contributed by atoms with Gasteiger partial charge in [-0.1, -0.05) is 18.2 Å². The predicted molar refractivity (Wildman–Crippen MR) is 146 cm³/mol. The van der Waals surface area contributed by atoms with E-state index in [2.05, 4.69) is 36.2 Å². The Morgan fingerprint density at radius 2 is 1.68 bits per heavy atom. The van der Waals surface area contributed by atoms with Crippen molar-refractivity contribution in [3.05, 3.63) is 54.2 Å². The fourth-order valence-electron chi connectivity index (χ4n) is 4.81. The van der Waals surface area contributed by atoms with Gasteiger partial charge in [-0.2, -0.15) is 0 Å². The number of carbonyl (C=O) groups excluding carboxylic acids is 3. The highest BCUT2D eigenvalue weighted by atomic mass is 16.4. The summed E-state index contributed by atoms with van der Waals surface area (Å²) in [5.74, 6) is -4.41. The Kier molecular flexibility index (Phi) is 9.68. The third kappa shape index (κ3) is 7.91. The van der Waals surface area contributed by atoms with E-state index < -0.39 is 54.3 Å². The smallest absolute Gasteiger partial charge is 0.326 e. The minimum Gasteiger partial charge on any atom is -0.481 e. The van der Waals surface area contributed by atoms with Crippen LogP contribution in [0.2, 0.25) is 0 Å². The van der Waals surface area contributed by atoms with Crippen LogP contribution in [0.5, 0.6) is 0 Å². The standard InChI is InChI=1S/C27H33N7O7/c35-23(36)8-7-20(27(40)41)32-26(39)22(11-16-13-28-14-31-16)34-25(38)21(33-24(37)19-6-3-9-29-19)10-15-12-30-18-5-2-1-4-17(15)18/h1-2,4-5,12-14,19-22,29-30H,3,6-11H2,(H,28,31)(H,32,39)(H,33,37)(H,34,38)(H,35,36)(H,40,41). The van der Waals surface area contributed by atoms with Gasteiger partial charge in [0.1, 0.15) is 18.1 Å². The molecule has 218 valence electrons. The molecule has 0 radical (unpaired) electrons. The first-order valence-electron chi connectivity index (χ1n) is 13.3. The maximum absolute atomic E-state index is 13.7. The Labute approximate surface area is 234 Å². The van der Waals surface area contributed by atoms with Gasteiger partial charge in [-0.05, 0) is 37.4 Å². The third-order valence-electron chi connectivity index (χ3n) is 6.98. The van der Waals surface area contributed by atoms with Gasteiger partial charge in [-0.3, -0.25) is 19.2 Å². The lowest BCUT2D eigenvalue weighted by Gasteiger charge is -2.25. The first-order chi connectivity index (χ1) is 19.7. The van der Waals surface area contributed by atoms with Gasteiger partial charge in [0.2, 0.25) is 17.7 Å². The number of aromatic amines is 2. The van der Waals surface area contributed by atoms with Crippen molar-refractivity contribution < 1.29 is 34.2 Å². The molecule has 1 aliphatic heterocycles. The molecule has 1 fully saturated rings. The largest absolute Gasteiger partial charge is 0.481 e. The Balaban J connectivity index is 1.55. The number of nitrogens with one attached hydrogen (secondary N) is 6. The molecule has 14 heteroatoms. The molecule has 0 spiro atoms. The minimum atomic E-state index is -1.48. The van der Waals surface area contributed by atoms with Gasteiger partial charge in [0.25, 0.3) is 0 Å². The predicted octanol–water partition coefficient (Wildman–Crippen LogP) is -0.168. The maximum Gasteiger partial charge on any atom is 0.326 e.